The normalized spacial score (nSPS) is 15.3. The van der Waals surface area contributed by atoms with E-state index in [1.54, 1.807) is 12.4 Å². The molecule has 0 atom stereocenters. The van der Waals surface area contributed by atoms with Crippen LogP contribution >= 0.6 is 0 Å². The van der Waals surface area contributed by atoms with Gasteiger partial charge in [-0.15, -0.1) is 0 Å². The molecule has 2 N–H and O–H groups in total. The summed E-state index contributed by atoms with van der Waals surface area (Å²) in [5, 5.41) is 0. The maximum absolute atomic E-state index is 12.0. The Balaban J connectivity index is 1.74. The average Bonchev–Trinajstić information content (AvgIpc) is 3.03. The highest BCUT2D eigenvalue weighted by Gasteiger charge is 2.18. The van der Waals surface area contributed by atoms with E-state index in [1.165, 1.54) is 0 Å². The van der Waals surface area contributed by atoms with Crippen LogP contribution in [-0.4, -0.2) is 38.4 Å². The van der Waals surface area contributed by atoms with Crippen LogP contribution < -0.4 is 5.73 Å². The van der Waals surface area contributed by atoms with E-state index < -0.39 is 0 Å². The molecule has 19 heavy (non-hydrogen) atoms. The number of aryl methyl sites for hydroxylation is 1. The lowest BCUT2D eigenvalue weighted by molar-refractivity contribution is -0.130. The Morgan fingerprint density at radius 1 is 1.37 bits per heavy atom. The molecule has 0 aromatic carbocycles. The van der Waals surface area contributed by atoms with Crippen LogP contribution in [0, 0.1) is 0 Å². The third kappa shape index (κ3) is 2.25. The lowest BCUT2D eigenvalue weighted by Gasteiger charge is -2.15. The van der Waals surface area contributed by atoms with Gasteiger partial charge in [0, 0.05) is 32.3 Å². The van der Waals surface area contributed by atoms with E-state index in [4.69, 9.17) is 5.73 Å². The molecule has 0 spiro atoms. The van der Waals surface area contributed by atoms with E-state index in [0.717, 1.165) is 37.0 Å². The summed E-state index contributed by atoms with van der Waals surface area (Å²) < 4.78 is 1.88. The van der Waals surface area contributed by atoms with Gasteiger partial charge in [0.15, 0.2) is 0 Å². The van der Waals surface area contributed by atoms with Crippen molar-refractivity contribution in [2.75, 3.05) is 18.8 Å². The number of nitrogens with two attached hydrogens (primary N) is 1. The van der Waals surface area contributed by atoms with Crippen molar-refractivity contribution in [3.05, 3.63) is 18.5 Å². The van der Waals surface area contributed by atoms with Crippen LogP contribution in [0.15, 0.2) is 18.5 Å². The van der Waals surface area contributed by atoms with Gasteiger partial charge < -0.3 is 15.2 Å². The number of likely N-dealkylation sites (tertiary alicyclic amines) is 1. The molecule has 1 aliphatic rings. The quantitative estimate of drug-likeness (QED) is 0.893. The molecule has 1 amide bonds. The molecule has 2 aromatic rings. The average molecular weight is 259 g/mol. The van der Waals surface area contributed by atoms with E-state index in [1.807, 2.05) is 15.5 Å². The molecule has 1 aliphatic heterocycles. The third-order valence-electron chi connectivity index (χ3n) is 3.59. The van der Waals surface area contributed by atoms with Crippen molar-refractivity contribution in [2.45, 2.75) is 25.8 Å². The fraction of sp³-hybridized carbons (Fsp3) is 0.462. The second kappa shape index (κ2) is 4.87. The number of nitrogens with zero attached hydrogens (tertiary/aromatic N) is 4. The summed E-state index contributed by atoms with van der Waals surface area (Å²) in [5.74, 6) is 0.644. The van der Waals surface area contributed by atoms with E-state index in [9.17, 15) is 4.79 Å². The Hall–Kier alpha value is -2.11. The first-order chi connectivity index (χ1) is 9.25. The summed E-state index contributed by atoms with van der Waals surface area (Å²) in [7, 11) is 0. The van der Waals surface area contributed by atoms with Crippen LogP contribution in [0.1, 0.15) is 19.3 Å². The third-order valence-corrected chi connectivity index (χ3v) is 3.59. The van der Waals surface area contributed by atoms with Gasteiger partial charge in [-0.3, -0.25) is 9.78 Å². The highest BCUT2D eigenvalue weighted by atomic mass is 16.2. The summed E-state index contributed by atoms with van der Waals surface area (Å²) in [6, 6.07) is 1.87. The zero-order chi connectivity index (χ0) is 13.2. The van der Waals surface area contributed by atoms with Gasteiger partial charge in [-0.1, -0.05) is 0 Å². The van der Waals surface area contributed by atoms with Gasteiger partial charge in [0.2, 0.25) is 11.9 Å². The summed E-state index contributed by atoms with van der Waals surface area (Å²) in [6.45, 7) is 2.35. The maximum atomic E-state index is 12.0. The molecule has 6 heteroatoms. The van der Waals surface area contributed by atoms with Gasteiger partial charge in [-0.2, -0.15) is 0 Å². The van der Waals surface area contributed by atoms with Gasteiger partial charge in [0.1, 0.15) is 5.52 Å². The van der Waals surface area contributed by atoms with E-state index in [-0.39, 0.29) is 5.91 Å². The number of pyridine rings is 1. The van der Waals surface area contributed by atoms with Crippen molar-refractivity contribution in [1.82, 2.24) is 19.4 Å². The standard InChI is InChI=1S/C13H17N5O/c14-13-16-10-9-15-5-3-11(10)18(13)8-4-12(19)17-6-1-2-7-17/h3,5,9H,1-2,4,6-8H2,(H2,14,16). The smallest absolute Gasteiger partial charge is 0.224 e. The Kier molecular flexibility index (Phi) is 3.06. The number of imidazole rings is 1. The molecular formula is C13H17N5O. The SMILES string of the molecule is Nc1nc2cnccc2n1CCC(=O)N1CCCC1. The molecule has 3 rings (SSSR count). The summed E-state index contributed by atoms with van der Waals surface area (Å²) in [5.41, 5.74) is 7.60. The van der Waals surface area contributed by atoms with Crippen LogP contribution in [0.2, 0.25) is 0 Å². The maximum Gasteiger partial charge on any atom is 0.224 e. The van der Waals surface area contributed by atoms with Gasteiger partial charge in [-0.05, 0) is 18.9 Å². The van der Waals surface area contributed by atoms with Crippen molar-refractivity contribution < 1.29 is 4.79 Å². The number of amides is 1. The number of hydrogen-bond donors (Lipinski definition) is 1. The first-order valence-corrected chi connectivity index (χ1v) is 6.59. The minimum Gasteiger partial charge on any atom is -0.369 e. The Labute approximate surface area is 111 Å². The number of carbonyl (C=O) groups excluding carboxylic acids is 1. The number of rotatable bonds is 3. The molecular weight excluding hydrogens is 242 g/mol. The molecule has 1 fully saturated rings. The van der Waals surface area contributed by atoms with Crippen LogP contribution in [0.4, 0.5) is 5.95 Å². The molecule has 100 valence electrons. The number of nitrogen functional groups attached to an aromatic ring is 1. The molecule has 0 aliphatic carbocycles. The van der Waals surface area contributed by atoms with Crippen LogP contribution in [-0.2, 0) is 11.3 Å². The van der Waals surface area contributed by atoms with E-state index >= 15 is 0 Å². The molecule has 0 radical (unpaired) electrons. The second-order valence-corrected chi connectivity index (χ2v) is 4.82. The first-order valence-electron chi connectivity index (χ1n) is 6.59. The fourth-order valence-corrected chi connectivity index (χ4v) is 2.57. The summed E-state index contributed by atoms with van der Waals surface area (Å²) >= 11 is 0. The second-order valence-electron chi connectivity index (χ2n) is 4.82. The zero-order valence-corrected chi connectivity index (χ0v) is 10.7. The lowest BCUT2D eigenvalue weighted by Crippen LogP contribution is -2.28. The Morgan fingerprint density at radius 3 is 2.95 bits per heavy atom. The van der Waals surface area contributed by atoms with Crippen LogP contribution in [0.3, 0.4) is 0 Å². The van der Waals surface area contributed by atoms with E-state index in [2.05, 4.69) is 9.97 Å². The topological polar surface area (TPSA) is 77.0 Å². The monoisotopic (exact) mass is 259 g/mol. The van der Waals surface area contributed by atoms with Crippen LogP contribution in [0.5, 0.6) is 0 Å². The minimum atomic E-state index is 0.202. The molecule has 0 unspecified atom stereocenters. The predicted molar refractivity (Wildman–Crippen MR) is 72.4 cm³/mol. The molecule has 2 aromatic heterocycles. The van der Waals surface area contributed by atoms with Gasteiger partial charge in [0.05, 0.1) is 11.7 Å². The lowest BCUT2D eigenvalue weighted by atomic mass is 10.3. The van der Waals surface area contributed by atoms with Crippen LogP contribution in [0.25, 0.3) is 11.0 Å². The first kappa shape index (κ1) is 12.0. The van der Waals surface area contributed by atoms with Crippen molar-refractivity contribution in [1.29, 1.82) is 0 Å². The highest BCUT2D eigenvalue weighted by molar-refractivity contribution is 5.79. The Morgan fingerprint density at radius 2 is 2.16 bits per heavy atom. The van der Waals surface area contributed by atoms with Crippen molar-refractivity contribution >= 4 is 22.9 Å². The molecule has 1 saturated heterocycles. The number of anilines is 1. The fourth-order valence-electron chi connectivity index (χ4n) is 2.57. The van der Waals surface area contributed by atoms with Crippen molar-refractivity contribution in [3.8, 4) is 0 Å². The van der Waals surface area contributed by atoms with Gasteiger partial charge in [-0.25, -0.2) is 4.98 Å². The minimum absolute atomic E-state index is 0.202. The van der Waals surface area contributed by atoms with Gasteiger partial charge >= 0.3 is 0 Å². The number of carbonyl (C=O) groups is 1. The summed E-state index contributed by atoms with van der Waals surface area (Å²) in [4.78, 5) is 22.2. The number of fused-ring (bicyclic) bond motifs is 1. The zero-order valence-electron chi connectivity index (χ0n) is 10.7. The molecule has 0 saturated carbocycles. The van der Waals surface area contributed by atoms with E-state index in [0.29, 0.717) is 18.9 Å². The Bertz CT molecular complexity index is 600. The molecule has 6 nitrogen and oxygen atoms in total. The number of hydrogen-bond acceptors (Lipinski definition) is 4. The van der Waals surface area contributed by atoms with Crippen molar-refractivity contribution in [3.63, 3.8) is 0 Å². The molecule has 3 heterocycles. The largest absolute Gasteiger partial charge is 0.369 e. The molecule has 0 bridgehead atoms. The highest BCUT2D eigenvalue weighted by Crippen LogP contribution is 2.17. The van der Waals surface area contributed by atoms with Gasteiger partial charge in [0.25, 0.3) is 0 Å². The number of aromatic nitrogens is 3. The van der Waals surface area contributed by atoms with Crippen molar-refractivity contribution in [2.24, 2.45) is 0 Å². The summed E-state index contributed by atoms with van der Waals surface area (Å²) in [6.07, 6.45) is 6.10. The predicted octanol–water partition coefficient (Wildman–Crippen LogP) is 1.03.